The van der Waals surface area contributed by atoms with Gasteiger partial charge in [-0.3, -0.25) is 0 Å². The van der Waals surface area contributed by atoms with Gasteiger partial charge in [0.25, 0.3) is 0 Å². The van der Waals surface area contributed by atoms with Crippen LogP contribution in [0, 0.1) is 0 Å². The van der Waals surface area contributed by atoms with Crippen molar-refractivity contribution in [2.24, 2.45) is 0 Å². The van der Waals surface area contributed by atoms with E-state index in [1.165, 1.54) is 0 Å². The molecule has 110 valence electrons. The monoisotopic (exact) mass is 272 g/mol. The van der Waals surface area contributed by atoms with E-state index in [1.807, 2.05) is 6.92 Å². The highest BCUT2D eigenvalue weighted by Gasteiger charge is 2.25. The number of unbranched alkanes of at least 4 members (excludes halogenated alkanes) is 1. The van der Waals surface area contributed by atoms with Crippen molar-refractivity contribution < 1.29 is 27.4 Å². The maximum Gasteiger partial charge on any atom is 0.389 e. The smallest absolute Gasteiger partial charge is 0.379 e. The summed E-state index contributed by atoms with van der Waals surface area (Å²) in [6.07, 6.45) is -3.25. The fraction of sp³-hybridized carbons (Fsp3) is 1.00. The Labute approximate surface area is 107 Å². The number of hydrogen-bond donors (Lipinski definition) is 0. The topological polar surface area (TPSA) is 27.7 Å². The molecule has 0 unspecified atom stereocenters. The minimum absolute atomic E-state index is 0.120. The zero-order valence-electron chi connectivity index (χ0n) is 10.9. The number of rotatable bonds is 12. The van der Waals surface area contributed by atoms with E-state index in [9.17, 15) is 13.2 Å². The van der Waals surface area contributed by atoms with Crippen LogP contribution in [0.5, 0.6) is 0 Å². The lowest BCUT2D eigenvalue weighted by atomic mass is 10.2. The van der Waals surface area contributed by atoms with Crippen LogP contribution in [0.15, 0.2) is 0 Å². The van der Waals surface area contributed by atoms with Crippen molar-refractivity contribution in [1.82, 2.24) is 0 Å². The Morgan fingerprint density at radius 3 is 1.72 bits per heavy atom. The summed E-state index contributed by atoms with van der Waals surface area (Å²) in [5, 5.41) is 0. The van der Waals surface area contributed by atoms with Crippen molar-refractivity contribution in [3.05, 3.63) is 0 Å². The van der Waals surface area contributed by atoms with Crippen LogP contribution in [0.3, 0.4) is 0 Å². The van der Waals surface area contributed by atoms with Crippen LogP contribution in [-0.2, 0) is 14.2 Å². The minimum Gasteiger partial charge on any atom is -0.379 e. The molecule has 0 aromatic carbocycles. The standard InChI is InChI=1S/C12H23F3O3/c1-2-6-16-8-10-18-11-9-17-7-4-3-5-12(13,14)15/h2-11H2,1H3. The van der Waals surface area contributed by atoms with Crippen LogP contribution in [0.1, 0.15) is 32.6 Å². The van der Waals surface area contributed by atoms with E-state index in [2.05, 4.69) is 0 Å². The third kappa shape index (κ3) is 15.7. The number of halogens is 3. The molecule has 0 heterocycles. The molecular formula is C12H23F3O3. The second-order valence-electron chi connectivity index (χ2n) is 3.91. The molecule has 0 rings (SSSR count). The van der Waals surface area contributed by atoms with Gasteiger partial charge in [-0.2, -0.15) is 13.2 Å². The van der Waals surface area contributed by atoms with E-state index in [0.29, 0.717) is 39.5 Å². The molecule has 6 heteroatoms. The van der Waals surface area contributed by atoms with Gasteiger partial charge in [-0.1, -0.05) is 6.92 Å². The lowest BCUT2D eigenvalue weighted by molar-refractivity contribution is -0.136. The highest BCUT2D eigenvalue weighted by molar-refractivity contribution is 4.50. The van der Waals surface area contributed by atoms with Crippen LogP contribution >= 0.6 is 0 Å². The molecule has 0 aliphatic heterocycles. The second kappa shape index (κ2) is 11.7. The fourth-order valence-corrected chi connectivity index (χ4v) is 1.22. The molecule has 0 aliphatic carbocycles. The first-order valence-corrected chi connectivity index (χ1v) is 6.36. The first kappa shape index (κ1) is 17.7. The molecule has 3 nitrogen and oxygen atoms in total. The maximum absolute atomic E-state index is 11.8. The number of hydrogen-bond acceptors (Lipinski definition) is 3. The lowest BCUT2D eigenvalue weighted by Gasteiger charge is -2.07. The normalized spacial score (nSPS) is 12.0. The fourth-order valence-electron chi connectivity index (χ4n) is 1.22. The van der Waals surface area contributed by atoms with Gasteiger partial charge in [0.15, 0.2) is 0 Å². The van der Waals surface area contributed by atoms with Crippen LogP contribution in [0.2, 0.25) is 0 Å². The van der Waals surface area contributed by atoms with E-state index in [4.69, 9.17) is 14.2 Å². The predicted molar refractivity (Wildman–Crippen MR) is 62.7 cm³/mol. The molecule has 0 N–H and O–H groups in total. The summed E-state index contributed by atoms with van der Waals surface area (Å²) >= 11 is 0. The molecule has 0 saturated carbocycles. The van der Waals surface area contributed by atoms with E-state index >= 15 is 0 Å². The molecule has 0 saturated heterocycles. The summed E-state index contributed by atoms with van der Waals surface area (Å²) in [6, 6.07) is 0. The van der Waals surface area contributed by atoms with E-state index < -0.39 is 12.6 Å². The van der Waals surface area contributed by atoms with Gasteiger partial charge >= 0.3 is 6.18 Å². The van der Waals surface area contributed by atoms with Gasteiger partial charge < -0.3 is 14.2 Å². The van der Waals surface area contributed by atoms with Gasteiger partial charge in [-0.05, 0) is 19.3 Å². The summed E-state index contributed by atoms with van der Waals surface area (Å²) in [4.78, 5) is 0. The van der Waals surface area contributed by atoms with Crippen LogP contribution in [-0.4, -0.2) is 45.8 Å². The van der Waals surface area contributed by atoms with Crippen molar-refractivity contribution in [1.29, 1.82) is 0 Å². The third-order valence-electron chi connectivity index (χ3n) is 2.09. The zero-order valence-corrected chi connectivity index (χ0v) is 10.9. The molecule has 0 aliphatic rings. The minimum atomic E-state index is -4.05. The van der Waals surface area contributed by atoms with E-state index in [1.54, 1.807) is 0 Å². The van der Waals surface area contributed by atoms with Gasteiger partial charge in [0, 0.05) is 19.6 Å². The zero-order chi connectivity index (χ0) is 13.7. The Morgan fingerprint density at radius 2 is 1.22 bits per heavy atom. The quantitative estimate of drug-likeness (QED) is 0.511. The molecule has 0 spiro atoms. The number of alkyl halides is 3. The van der Waals surface area contributed by atoms with Crippen molar-refractivity contribution in [3.8, 4) is 0 Å². The molecule has 0 bridgehead atoms. The Kier molecular flexibility index (Phi) is 11.5. The average molecular weight is 272 g/mol. The molecule has 0 aromatic rings. The molecule has 18 heavy (non-hydrogen) atoms. The van der Waals surface area contributed by atoms with E-state index in [-0.39, 0.29) is 6.42 Å². The van der Waals surface area contributed by atoms with Crippen LogP contribution in [0.25, 0.3) is 0 Å². The van der Waals surface area contributed by atoms with E-state index in [0.717, 1.165) is 13.0 Å². The summed E-state index contributed by atoms with van der Waals surface area (Å²) in [7, 11) is 0. The van der Waals surface area contributed by atoms with Crippen molar-refractivity contribution in [2.45, 2.75) is 38.8 Å². The van der Waals surface area contributed by atoms with Crippen molar-refractivity contribution >= 4 is 0 Å². The Balaban J connectivity index is 2.99. The van der Waals surface area contributed by atoms with Crippen molar-refractivity contribution in [3.63, 3.8) is 0 Å². The first-order valence-electron chi connectivity index (χ1n) is 6.36. The molecule has 0 atom stereocenters. The second-order valence-corrected chi connectivity index (χ2v) is 3.91. The molecule has 0 fully saturated rings. The molecule has 0 amide bonds. The molecule has 0 aromatic heterocycles. The Morgan fingerprint density at radius 1 is 0.722 bits per heavy atom. The third-order valence-corrected chi connectivity index (χ3v) is 2.09. The molecular weight excluding hydrogens is 249 g/mol. The van der Waals surface area contributed by atoms with Gasteiger partial charge in [-0.25, -0.2) is 0 Å². The summed E-state index contributed by atoms with van der Waals surface area (Å²) < 4.78 is 50.9. The highest BCUT2D eigenvalue weighted by Crippen LogP contribution is 2.21. The SMILES string of the molecule is CCCOCCOCCOCCCCC(F)(F)F. The predicted octanol–water partition coefficient (Wildman–Crippen LogP) is 3.18. The van der Waals surface area contributed by atoms with Gasteiger partial charge in [0.2, 0.25) is 0 Å². The molecule has 0 radical (unpaired) electrons. The lowest BCUT2D eigenvalue weighted by Crippen LogP contribution is -2.11. The maximum atomic E-state index is 11.8. The first-order chi connectivity index (χ1) is 8.56. The summed E-state index contributed by atoms with van der Waals surface area (Å²) in [5.41, 5.74) is 0. The average Bonchev–Trinajstić information content (AvgIpc) is 2.29. The van der Waals surface area contributed by atoms with Crippen LogP contribution < -0.4 is 0 Å². The summed E-state index contributed by atoms with van der Waals surface area (Å²) in [5.74, 6) is 0. The van der Waals surface area contributed by atoms with Gasteiger partial charge in [0.1, 0.15) is 0 Å². The number of ether oxygens (including phenoxy) is 3. The van der Waals surface area contributed by atoms with Gasteiger partial charge in [0.05, 0.1) is 26.4 Å². The van der Waals surface area contributed by atoms with Crippen molar-refractivity contribution in [2.75, 3.05) is 39.6 Å². The highest BCUT2D eigenvalue weighted by atomic mass is 19.4. The Bertz CT molecular complexity index is 174. The summed E-state index contributed by atoms with van der Waals surface area (Å²) in [6.45, 7) is 5.09. The van der Waals surface area contributed by atoms with Gasteiger partial charge in [-0.15, -0.1) is 0 Å². The largest absolute Gasteiger partial charge is 0.389 e. The Hall–Kier alpha value is -0.330. The van der Waals surface area contributed by atoms with Crippen LogP contribution in [0.4, 0.5) is 13.2 Å².